The first kappa shape index (κ1) is 26.1. The van der Waals surface area contributed by atoms with Crippen molar-refractivity contribution in [3.8, 4) is 0 Å². The summed E-state index contributed by atoms with van der Waals surface area (Å²) in [5.74, 6) is 1.21. The Hall–Kier alpha value is 0.0600. The molecule has 3 nitrogen and oxygen atoms in total. The second-order valence-electron chi connectivity index (χ2n) is 8.63. The van der Waals surface area contributed by atoms with Crippen molar-refractivity contribution in [2.75, 3.05) is 13.2 Å². The van der Waals surface area contributed by atoms with Crippen LogP contribution < -0.4 is 0 Å². The topological polar surface area (TPSA) is 15.7 Å². The van der Waals surface area contributed by atoms with Crippen LogP contribution in [0.1, 0.15) is 68.0 Å². The lowest BCUT2D eigenvalue weighted by Gasteiger charge is -2.48. The summed E-state index contributed by atoms with van der Waals surface area (Å²) >= 11 is 4.93. The molecular formula is C26H32I2N2OS2. The quantitative estimate of drug-likeness (QED) is 0.201. The van der Waals surface area contributed by atoms with E-state index in [0.717, 1.165) is 38.8 Å². The molecule has 3 atom stereocenters. The third-order valence-electron chi connectivity index (χ3n) is 6.91. The summed E-state index contributed by atoms with van der Waals surface area (Å²) in [6.45, 7) is 8.22. The zero-order chi connectivity index (χ0) is 23.4. The van der Waals surface area contributed by atoms with Crippen molar-refractivity contribution in [3.05, 3.63) is 82.1 Å². The first-order chi connectivity index (χ1) is 16.1. The largest absolute Gasteiger partial charge is 0.498 e. The molecule has 2 heterocycles. The van der Waals surface area contributed by atoms with Crippen LogP contribution in [0.5, 0.6) is 0 Å². The molecule has 0 spiro atoms. The third kappa shape index (κ3) is 5.74. The van der Waals surface area contributed by atoms with E-state index in [0.29, 0.717) is 18.1 Å². The Morgan fingerprint density at radius 1 is 0.818 bits per heavy atom. The van der Waals surface area contributed by atoms with Crippen molar-refractivity contribution in [3.63, 3.8) is 0 Å². The van der Waals surface area contributed by atoms with E-state index >= 15 is 0 Å². The van der Waals surface area contributed by atoms with Crippen molar-refractivity contribution in [2.24, 2.45) is 0 Å². The Morgan fingerprint density at radius 3 is 1.88 bits per heavy atom. The summed E-state index contributed by atoms with van der Waals surface area (Å²) in [6.07, 6.45) is 4.18. The van der Waals surface area contributed by atoms with Crippen LogP contribution >= 0.6 is 60.6 Å². The van der Waals surface area contributed by atoms with Crippen molar-refractivity contribution in [1.29, 1.82) is 0 Å². The van der Waals surface area contributed by atoms with Gasteiger partial charge in [0, 0.05) is 73.0 Å². The fourth-order valence-corrected chi connectivity index (χ4v) is 9.00. The van der Waals surface area contributed by atoms with Crippen LogP contribution in [0.4, 0.5) is 0 Å². The van der Waals surface area contributed by atoms with Crippen LogP contribution in [0.2, 0.25) is 0 Å². The van der Waals surface area contributed by atoms with Crippen LogP contribution in [-0.2, 0) is 17.6 Å². The number of piperidine rings is 1. The predicted molar refractivity (Wildman–Crippen MR) is 161 cm³/mol. The van der Waals surface area contributed by atoms with Crippen molar-refractivity contribution < 1.29 is 4.74 Å². The number of ether oxygens (including phenoxy) is 1. The average Bonchev–Trinajstić information content (AvgIpc) is 2.88. The minimum atomic E-state index is 0.329. The smallest absolute Gasteiger partial charge is 0.1000 e. The molecule has 178 valence electrons. The maximum atomic E-state index is 6.31. The van der Waals surface area contributed by atoms with Gasteiger partial charge in [-0.05, 0) is 66.7 Å². The molecule has 0 bridgehead atoms. The zero-order valence-corrected chi connectivity index (χ0v) is 25.4. The summed E-state index contributed by atoms with van der Waals surface area (Å²) in [6, 6.07) is 19.6. The number of aryl methyl sites for hydroxylation is 2. The van der Waals surface area contributed by atoms with Crippen LogP contribution in [0.15, 0.2) is 59.9 Å². The van der Waals surface area contributed by atoms with Crippen LogP contribution in [-0.4, -0.2) is 27.8 Å². The third-order valence-corrected chi connectivity index (χ3v) is 11.0. The Balaban J connectivity index is 1.71. The zero-order valence-electron chi connectivity index (χ0n) is 19.5. The van der Waals surface area contributed by atoms with Gasteiger partial charge < -0.3 is 4.74 Å². The number of nitrogens with zero attached hydrogens (tertiary/aromatic N) is 2. The molecular weight excluding hydrogens is 674 g/mol. The molecule has 4 rings (SSSR count). The van der Waals surface area contributed by atoms with E-state index in [-0.39, 0.29) is 0 Å². The number of halogens is 2. The van der Waals surface area contributed by atoms with Gasteiger partial charge >= 0.3 is 0 Å². The lowest BCUT2D eigenvalue weighted by atomic mass is 9.84. The molecule has 7 heteroatoms. The highest BCUT2D eigenvalue weighted by Gasteiger charge is 2.44. The van der Waals surface area contributed by atoms with E-state index in [1.807, 2.05) is 18.2 Å². The minimum absolute atomic E-state index is 0.329. The molecule has 0 saturated carbocycles. The van der Waals surface area contributed by atoms with Gasteiger partial charge in [-0.3, -0.25) is 0 Å². The van der Waals surface area contributed by atoms with Gasteiger partial charge in [0.15, 0.2) is 0 Å². The predicted octanol–water partition coefficient (Wildman–Crippen LogP) is 8.66. The Morgan fingerprint density at radius 2 is 1.39 bits per heavy atom. The van der Waals surface area contributed by atoms with E-state index in [2.05, 4.69) is 120 Å². The number of rotatable bonds is 8. The number of hydrogen-bond donors (Lipinski definition) is 0. The monoisotopic (exact) mass is 706 g/mol. The first-order valence-corrected chi connectivity index (χ1v) is 18.4. The lowest BCUT2D eigenvalue weighted by Crippen LogP contribution is -2.47. The Kier molecular flexibility index (Phi) is 9.77. The fourth-order valence-electron chi connectivity index (χ4n) is 5.01. The van der Waals surface area contributed by atoms with Gasteiger partial charge in [0.1, 0.15) is 0 Å². The number of benzene rings is 2. The van der Waals surface area contributed by atoms with Gasteiger partial charge in [-0.25, -0.2) is 8.61 Å². The summed E-state index contributed by atoms with van der Waals surface area (Å²) in [5.41, 5.74) is 7.07. The molecule has 0 N–H and O–H groups in total. The van der Waals surface area contributed by atoms with E-state index in [4.69, 9.17) is 4.74 Å². The highest BCUT2D eigenvalue weighted by molar-refractivity contribution is 14.2. The maximum absolute atomic E-state index is 6.31. The van der Waals surface area contributed by atoms with E-state index in [1.165, 1.54) is 33.6 Å². The first-order valence-electron chi connectivity index (χ1n) is 11.8. The summed E-state index contributed by atoms with van der Waals surface area (Å²) < 4.78 is 11.5. The van der Waals surface area contributed by atoms with Gasteiger partial charge in [0.05, 0.1) is 18.4 Å². The van der Waals surface area contributed by atoms with Crippen LogP contribution in [0, 0.1) is 0 Å². The van der Waals surface area contributed by atoms with E-state index in [9.17, 15) is 0 Å². The van der Waals surface area contributed by atoms with Gasteiger partial charge in [-0.1, -0.05) is 62.4 Å². The summed E-state index contributed by atoms with van der Waals surface area (Å²) in [5, 5.41) is 0. The molecule has 2 aliphatic heterocycles. The summed E-state index contributed by atoms with van der Waals surface area (Å²) in [7, 11) is 3.69. The molecule has 2 aromatic carbocycles. The fraction of sp³-hybridized carbons (Fsp3) is 0.462. The van der Waals surface area contributed by atoms with Gasteiger partial charge in [-0.15, -0.1) is 0 Å². The molecule has 0 radical (unpaired) electrons. The number of fused-ring (bicyclic) bond motifs is 1. The molecule has 0 amide bonds. The summed E-state index contributed by atoms with van der Waals surface area (Å²) in [4.78, 5) is 0. The van der Waals surface area contributed by atoms with Gasteiger partial charge in [0.2, 0.25) is 0 Å². The Bertz CT molecular complexity index is 952. The van der Waals surface area contributed by atoms with Crippen LogP contribution in [0.25, 0.3) is 0 Å². The van der Waals surface area contributed by atoms with Gasteiger partial charge in [-0.2, -0.15) is 0 Å². The number of hydrogen-bond acceptors (Lipinski definition) is 5. The van der Waals surface area contributed by atoms with E-state index < -0.39 is 0 Å². The second kappa shape index (κ2) is 12.3. The Labute approximate surface area is 231 Å². The van der Waals surface area contributed by atoms with Crippen molar-refractivity contribution >= 4 is 60.6 Å². The molecule has 0 aromatic heterocycles. The molecule has 1 saturated heterocycles. The standard InChI is InChI=1S/C26H32I2N2OS2/c1-4-18-7-11-20(12-8-18)23-15-25-22(17-29(23)32-27)26(31-6-3)16-24(30(25)33-28)21-13-9-19(5-2)10-14-21/h7-14,23-25H,4-6,15-17H2,1-3H3/t23-,24-,25-/m0/s1. The molecule has 2 aliphatic rings. The molecule has 33 heavy (non-hydrogen) atoms. The highest BCUT2D eigenvalue weighted by atomic mass is 127. The average molecular weight is 706 g/mol. The molecule has 0 aliphatic carbocycles. The lowest BCUT2D eigenvalue weighted by molar-refractivity contribution is 0.129. The molecule has 1 fully saturated rings. The van der Waals surface area contributed by atoms with Crippen molar-refractivity contribution in [1.82, 2.24) is 8.61 Å². The molecule has 2 aromatic rings. The molecule has 0 unspecified atom stereocenters. The normalized spacial score (nSPS) is 24.1. The van der Waals surface area contributed by atoms with Crippen LogP contribution in [0.3, 0.4) is 0 Å². The highest BCUT2D eigenvalue weighted by Crippen LogP contribution is 2.51. The maximum Gasteiger partial charge on any atom is 0.1000 e. The van der Waals surface area contributed by atoms with E-state index in [1.54, 1.807) is 0 Å². The second-order valence-corrected chi connectivity index (χ2v) is 12.2. The van der Waals surface area contributed by atoms with Crippen molar-refractivity contribution in [2.45, 2.75) is 64.6 Å². The minimum Gasteiger partial charge on any atom is -0.498 e. The SMILES string of the molecule is CCOC1=C2CN(SI)[C@H](c3ccc(CC)cc3)C[C@@H]2N(SI)[C@H](c2ccc(CC)cc2)C1. The van der Waals surface area contributed by atoms with Gasteiger partial charge in [0.25, 0.3) is 0 Å².